The molecule has 1 aromatic heterocycles. The molecule has 1 amide bonds. The first kappa shape index (κ1) is 23.8. The maximum absolute atomic E-state index is 12.8. The number of nitro groups is 1. The lowest BCUT2D eigenvalue weighted by molar-refractivity contribution is -0.384. The molecule has 2 aromatic carbocycles. The van der Waals surface area contributed by atoms with Crippen molar-refractivity contribution in [1.29, 1.82) is 0 Å². The van der Waals surface area contributed by atoms with Gasteiger partial charge in [0.05, 0.1) is 28.4 Å². The van der Waals surface area contributed by atoms with Gasteiger partial charge in [-0.05, 0) is 50.1 Å². The number of nitrogens with zero attached hydrogens (tertiary/aromatic N) is 4. The van der Waals surface area contributed by atoms with E-state index in [9.17, 15) is 19.7 Å². The third kappa shape index (κ3) is 5.60. The number of benzene rings is 2. The SMILES string of the molecule is Cn1cc(CC(=O)OC(C)(C)C)nc1C(=O)Nc1ccc(C2=Nc3cc([N+](=O)[O-])ccc3C2)cc1. The lowest BCUT2D eigenvalue weighted by Gasteiger charge is -2.18. The van der Waals surface area contributed by atoms with Crippen molar-refractivity contribution in [3.63, 3.8) is 0 Å². The summed E-state index contributed by atoms with van der Waals surface area (Å²) in [5.74, 6) is -0.650. The molecule has 180 valence electrons. The zero-order valence-corrected chi connectivity index (χ0v) is 19.9. The Kier molecular flexibility index (Phi) is 6.21. The number of hydrogen-bond donors (Lipinski definition) is 1. The van der Waals surface area contributed by atoms with Crippen molar-refractivity contribution < 1.29 is 19.2 Å². The van der Waals surface area contributed by atoms with E-state index >= 15 is 0 Å². The number of ether oxygens (including phenoxy) is 1. The van der Waals surface area contributed by atoms with Crippen LogP contribution in [0.5, 0.6) is 0 Å². The first-order valence-corrected chi connectivity index (χ1v) is 11.0. The molecular weight excluding hydrogens is 450 g/mol. The van der Waals surface area contributed by atoms with Crippen molar-refractivity contribution in [1.82, 2.24) is 9.55 Å². The van der Waals surface area contributed by atoms with Gasteiger partial charge in [0.2, 0.25) is 0 Å². The largest absolute Gasteiger partial charge is 0.460 e. The highest BCUT2D eigenvalue weighted by Gasteiger charge is 2.21. The molecule has 0 fully saturated rings. The Morgan fingerprint density at radius 3 is 2.54 bits per heavy atom. The van der Waals surface area contributed by atoms with Gasteiger partial charge in [-0.3, -0.25) is 24.7 Å². The summed E-state index contributed by atoms with van der Waals surface area (Å²) in [4.78, 5) is 44.2. The Hall–Kier alpha value is -4.34. The van der Waals surface area contributed by atoms with Crippen molar-refractivity contribution in [2.24, 2.45) is 12.0 Å². The molecule has 0 saturated carbocycles. The molecule has 1 aliphatic heterocycles. The predicted molar refractivity (Wildman–Crippen MR) is 130 cm³/mol. The van der Waals surface area contributed by atoms with Crippen molar-refractivity contribution in [3.05, 3.63) is 81.4 Å². The molecule has 4 rings (SSSR count). The number of aryl methyl sites for hydroxylation is 1. The average molecular weight is 476 g/mol. The highest BCUT2D eigenvalue weighted by Crippen LogP contribution is 2.32. The number of amides is 1. The van der Waals surface area contributed by atoms with E-state index in [1.807, 2.05) is 12.1 Å². The van der Waals surface area contributed by atoms with Gasteiger partial charge in [0.1, 0.15) is 5.60 Å². The summed E-state index contributed by atoms with van der Waals surface area (Å²) >= 11 is 0. The summed E-state index contributed by atoms with van der Waals surface area (Å²) in [5.41, 5.74) is 3.62. The summed E-state index contributed by atoms with van der Waals surface area (Å²) in [7, 11) is 1.68. The molecule has 3 aromatic rings. The molecule has 0 spiro atoms. The van der Waals surface area contributed by atoms with Gasteiger partial charge in [0.25, 0.3) is 11.6 Å². The number of imidazole rings is 1. The fourth-order valence-corrected chi connectivity index (χ4v) is 3.73. The van der Waals surface area contributed by atoms with Gasteiger partial charge < -0.3 is 14.6 Å². The van der Waals surface area contributed by atoms with Crippen LogP contribution >= 0.6 is 0 Å². The van der Waals surface area contributed by atoms with Crippen LogP contribution in [0.25, 0.3) is 0 Å². The molecule has 0 aliphatic carbocycles. The van der Waals surface area contributed by atoms with Crippen molar-refractivity contribution in [2.45, 2.75) is 39.2 Å². The second kappa shape index (κ2) is 9.13. The number of aromatic nitrogens is 2. The monoisotopic (exact) mass is 475 g/mol. The molecular formula is C25H25N5O5. The van der Waals surface area contributed by atoms with Gasteiger partial charge in [-0.2, -0.15) is 0 Å². The van der Waals surface area contributed by atoms with Gasteiger partial charge in [0.15, 0.2) is 5.82 Å². The molecule has 35 heavy (non-hydrogen) atoms. The summed E-state index contributed by atoms with van der Waals surface area (Å²) in [6, 6.07) is 11.9. The van der Waals surface area contributed by atoms with E-state index in [1.54, 1.807) is 56.8 Å². The number of aliphatic imine (C=N–C) groups is 1. The Balaban J connectivity index is 1.42. The van der Waals surface area contributed by atoms with Crippen LogP contribution in [0.2, 0.25) is 0 Å². The minimum absolute atomic E-state index is 0.00958. The number of hydrogen-bond acceptors (Lipinski definition) is 7. The first-order chi connectivity index (χ1) is 16.5. The number of fused-ring (bicyclic) bond motifs is 1. The topological polar surface area (TPSA) is 129 Å². The summed E-state index contributed by atoms with van der Waals surface area (Å²) < 4.78 is 6.87. The van der Waals surface area contributed by atoms with Gasteiger partial charge in [-0.15, -0.1) is 0 Å². The van der Waals surface area contributed by atoms with E-state index in [1.165, 1.54) is 12.1 Å². The second-order valence-electron chi connectivity index (χ2n) is 9.27. The number of carbonyl (C=O) groups excluding carboxylic acids is 2. The van der Waals surface area contributed by atoms with E-state index < -0.39 is 22.4 Å². The Morgan fingerprint density at radius 1 is 1.17 bits per heavy atom. The fourth-order valence-electron chi connectivity index (χ4n) is 3.73. The summed E-state index contributed by atoms with van der Waals surface area (Å²) in [6.45, 7) is 5.37. The van der Waals surface area contributed by atoms with Crippen molar-refractivity contribution in [3.8, 4) is 0 Å². The number of carbonyl (C=O) groups is 2. The average Bonchev–Trinajstić information content (AvgIpc) is 3.35. The van der Waals surface area contributed by atoms with Crippen LogP contribution in [0.4, 0.5) is 17.1 Å². The molecule has 10 nitrogen and oxygen atoms in total. The number of rotatable bonds is 6. The van der Waals surface area contributed by atoms with Crippen LogP contribution in [0.3, 0.4) is 0 Å². The number of non-ortho nitro benzene ring substituents is 1. The van der Waals surface area contributed by atoms with Gasteiger partial charge in [-0.25, -0.2) is 4.98 Å². The van der Waals surface area contributed by atoms with Crippen LogP contribution in [0.1, 0.15) is 48.2 Å². The molecule has 2 heterocycles. The molecule has 0 saturated heterocycles. The summed E-state index contributed by atoms with van der Waals surface area (Å²) in [6.07, 6.45) is 2.18. The maximum atomic E-state index is 12.8. The van der Waals surface area contributed by atoms with E-state index in [4.69, 9.17) is 4.74 Å². The number of esters is 1. The molecule has 1 N–H and O–H groups in total. The zero-order valence-electron chi connectivity index (χ0n) is 19.9. The van der Waals surface area contributed by atoms with E-state index in [0.29, 0.717) is 23.5 Å². The highest BCUT2D eigenvalue weighted by molar-refractivity contribution is 6.07. The third-order valence-electron chi connectivity index (χ3n) is 5.24. The molecule has 0 radical (unpaired) electrons. The van der Waals surface area contributed by atoms with Crippen LogP contribution in [-0.4, -0.2) is 37.7 Å². The van der Waals surface area contributed by atoms with Crippen molar-refractivity contribution >= 4 is 34.7 Å². The number of nitrogens with one attached hydrogen (secondary N) is 1. The van der Waals surface area contributed by atoms with Crippen molar-refractivity contribution in [2.75, 3.05) is 5.32 Å². The number of anilines is 1. The Labute approximate surface area is 201 Å². The Morgan fingerprint density at radius 2 is 1.89 bits per heavy atom. The third-order valence-corrected chi connectivity index (χ3v) is 5.24. The van der Waals surface area contributed by atoms with Crippen LogP contribution < -0.4 is 5.32 Å². The lowest BCUT2D eigenvalue weighted by atomic mass is 10.0. The van der Waals surface area contributed by atoms with Gasteiger partial charge >= 0.3 is 5.97 Å². The highest BCUT2D eigenvalue weighted by atomic mass is 16.6. The van der Waals surface area contributed by atoms with E-state index in [-0.39, 0.29) is 17.9 Å². The standard InChI is InChI=1S/C25H25N5O5/c1-25(2,3)35-22(31)12-18-14-29(4)23(26-18)24(32)27-17-8-5-15(6-9-17)20-11-16-7-10-19(30(33)34)13-21(16)28-20/h5-10,13-14H,11-12H2,1-4H3,(H,27,32). The molecule has 0 bridgehead atoms. The lowest BCUT2D eigenvalue weighted by Crippen LogP contribution is -2.25. The second-order valence-corrected chi connectivity index (χ2v) is 9.27. The quantitative estimate of drug-likeness (QED) is 0.324. The first-order valence-electron chi connectivity index (χ1n) is 11.0. The Bertz CT molecular complexity index is 1350. The van der Waals surface area contributed by atoms with E-state index in [0.717, 1.165) is 16.8 Å². The summed E-state index contributed by atoms with van der Waals surface area (Å²) in [5, 5.41) is 13.8. The molecule has 0 atom stereocenters. The molecule has 0 unspecified atom stereocenters. The molecule has 10 heteroatoms. The zero-order chi connectivity index (χ0) is 25.3. The molecule has 1 aliphatic rings. The fraction of sp³-hybridized carbons (Fsp3) is 0.280. The van der Waals surface area contributed by atoms with Gasteiger partial charge in [-0.1, -0.05) is 12.1 Å². The smallest absolute Gasteiger partial charge is 0.312 e. The maximum Gasteiger partial charge on any atom is 0.312 e. The minimum Gasteiger partial charge on any atom is -0.460 e. The normalized spacial score (nSPS) is 12.6. The van der Waals surface area contributed by atoms with Crippen LogP contribution in [0, 0.1) is 10.1 Å². The van der Waals surface area contributed by atoms with Crippen LogP contribution in [0.15, 0.2) is 53.7 Å². The minimum atomic E-state index is -0.594. The predicted octanol–water partition coefficient (Wildman–Crippen LogP) is 4.14. The van der Waals surface area contributed by atoms with E-state index in [2.05, 4.69) is 15.3 Å². The van der Waals surface area contributed by atoms with Gasteiger partial charge in [0, 0.05) is 37.5 Å². The van der Waals surface area contributed by atoms with Crippen LogP contribution in [-0.2, 0) is 29.4 Å². The number of nitro benzene ring substituents is 1.